The van der Waals surface area contributed by atoms with E-state index in [4.69, 9.17) is 0 Å². The predicted molar refractivity (Wildman–Crippen MR) is 72.1 cm³/mol. The molecule has 1 aliphatic rings. The molecule has 2 unspecified atom stereocenters. The molecule has 2 atom stereocenters. The normalized spacial score (nSPS) is 23.8. The lowest BCUT2D eigenvalue weighted by Crippen LogP contribution is -2.49. The molecule has 1 rings (SSSR count). The highest BCUT2D eigenvalue weighted by molar-refractivity contribution is 6.35. The van der Waals surface area contributed by atoms with Crippen LogP contribution in [0.25, 0.3) is 0 Å². The first-order valence-electron chi connectivity index (χ1n) is 7.11. The molecule has 1 fully saturated rings. The maximum Gasteiger partial charge on any atom is 0.311 e. The predicted octanol–water partition coefficient (Wildman–Crippen LogP) is 1.80. The summed E-state index contributed by atoms with van der Waals surface area (Å²) in [5, 5.41) is 2.71. The third-order valence-electron chi connectivity index (χ3n) is 3.42. The summed E-state index contributed by atoms with van der Waals surface area (Å²) in [4.78, 5) is 25.4. The molecule has 0 bridgehead atoms. The molecule has 4 heteroatoms. The third kappa shape index (κ3) is 4.67. The van der Waals surface area contributed by atoms with E-state index in [0.717, 1.165) is 25.7 Å². The average molecular weight is 254 g/mol. The number of likely N-dealkylation sites (tertiary alicyclic amines) is 1. The minimum atomic E-state index is -0.438. The lowest BCUT2D eigenvalue weighted by Gasteiger charge is -2.34. The number of carbonyl (C=O) groups is 2. The van der Waals surface area contributed by atoms with E-state index in [1.54, 1.807) is 4.90 Å². The Morgan fingerprint density at radius 2 is 1.78 bits per heavy atom. The van der Waals surface area contributed by atoms with Crippen LogP contribution in [-0.4, -0.2) is 36.3 Å². The monoisotopic (exact) mass is 254 g/mol. The average Bonchev–Trinajstić information content (AvgIpc) is 2.32. The van der Waals surface area contributed by atoms with Crippen molar-refractivity contribution < 1.29 is 9.59 Å². The zero-order chi connectivity index (χ0) is 13.5. The quantitative estimate of drug-likeness (QED) is 0.614. The van der Waals surface area contributed by atoms with Crippen molar-refractivity contribution in [3.8, 4) is 0 Å². The van der Waals surface area contributed by atoms with E-state index in [1.165, 1.54) is 0 Å². The van der Waals surface area contributed by atoms with Crippen LogP contribution in [0, 0.1) is 11.8 Å². The fourth-order valence-electron chi connectivity index (χ4n) is 2.62. The standard InChI is InChI=1S/C14H26N2O2/c1-4-5-6-7-15-13(17)14(18)16-9-11(2)8-12(3)10-16/h11-12H,4-10H2,1-3H3,(H,15,17). The van der Waals surface area contributed by atoms with E-state index < -0.39 is 5.91 Å². The molecule has 1 aliphatic heterocycles. The van der Waals surface area contributed by atoms with Crippen LogP contribution in [0.5, 0.6) is 0 Å². The number of amides is 2. The van der Waals surface area contributed by atoms with Gasteiger partial charge in [-0.25, -0.2) is 0 Å². The molecule has 0 aliphatic carbocycles. The number of hydrogen-bond donors (Lipinski definition) is 1. The highest BCUT2D eigenvalue weighted by Gasteiger charge is 2.28. The fourth-order valence-corrected chi connectivity index (χ4v) is 2.62. The van der Waals surface area contributed by atoms with Crippen molar-refractivity contribution >= 4 is 11.8 Å². The van der Waals surface area contributed by atoms with Gasteiger partial charge in [-0.05, 0) is 24.7 Å². The van der Waals surface area contributed by atoms with Crippen LogP contribution in [0.15, 0.2) is 0 Å². The van der Waals surface area contributed by atoms with Gasteiger partial charge in [-0.1, -0.05) is 33.6 Å². The van der Waals surface area contributed by atoms with Gasteiger partial charge in [0.05, 0.1) is 0 Å². The molecule has 2 amide bonds. The summed E-state index contributed by atoms with van der Waals surface area (Å²) in [7, 11) is 0. The first kappa shape index (κ1) is 15.0. The van der Waals surface area contributed by atoms with Crippen LogP contribution in [-0.2, 0) is 9.59 Å². The number of rotatable bonds is 4. The largest absolute Gasteiger partial charge is 0.348 e. The first-order chi connectivity index (χ1) is 8.54. The van der Waals surface area contributed by atoms with Gasteiger partial charge in [0.2, 0.25) is 0 Å². The summed E-state index contributed by atoms with van der Waals surface area (Å²) in [6, 6.07) is 0. The molecule has 4 nitrogen and oxygen atoms in total. The van der Waals surface area contributed by atoms with Crippen molar-refractivity contribution in [1.82, 2.24) is 10.2 Å². The molecule has 0 aromatic carbocycles. The van der Waals surface area contributed by atoms with Gasteiger partial charge in [0, 0.05) is 19.6 Å². The van der Waals surface area contributed by atoms with Crippen LogP contribution >= 0.6 is 0 Å². The van der Waals surface area contributed by atoms with Gasteiger partial charge in [-0.3, -0.25) is 9.59 Å². The summed E-state index contributed by atoms with van der Waals surface area (Å²) in [5.41, 5.74) is 0. The molecule has 1 heterocycles. The van der Waals surface area contributed by atoms with Gasteiger partial charge in [0.25, 0.3) is 0 Å². The summed E-state index contributed by atoms with van der Waals surface area (Å²) in [5.74, 6) is 0.188. The van der Waals surface area contributed by atoms with Crippen LogP contribution in [0.4, 0.5) is 0 Å². The second kappa shape index (κ2) is 7.39. The lowest BCUT2D eigenvalue weighted by atomic mass is 9.92. The first-order valence-corrected chi connectivity index (χ1v) is 7.11. The Morgan fingerprint density at radius 3 is 2.33 bits per heavy atom. The molecule has 1 saturated heterocycles. The Bertz CT molecular complexity index is 282. The van der Waals surface area contributed by atoms with Crippen molar-refractivity contribution in [3.05, 3.63) is 0 Å². The number of carbonyl (C=O) groups excluding carboxylic acids is 2. The molecule has 18 heavy (non-hydrogen) atoms. The van der Waals surface area contributed by atoms with Gasteiger partial charge in [0.1, 0.15) is 0 Å². The third-order valence-corrected chi connectivity index (χ3v) is 3.42. The molecule has 0 aromatic heterocycles. The van der Waals surface area contributed by atoms with Crippen molar-refractivity contribution in [2.75, 3.05) is 19.6 Å². The van der Waals surface area contributed by atoms with Gasteiger partial charge in [0.15, 0.2) is 0 Å². The van der Waals surface area contributed by atoms with Crippen LogP contribution in [0.3, 0.4) is 0 Å². The summed E-state index contributed by atoms with van der Waals surface area (Å²) >= 11 is 0. The Hall–Kier alpha value is -1.06. The number of hydrogen-bond acceptors (Lipinski definition) is 2. The molecule has 0 spiro atoms. The van der Waals surface area contributed by atoms with Gasteiger partial charge in [-0.15, -0.1) is 0 Å². The molecule has 0 aromatic rings. The Labute approximate surface area is 110 Å². The number of unbranched alkanes of at least 4 members (excludes halogenated alkanes) is 2. The Balaban J connectivity index is 2.36. The molecule has 104 valence electrons. The van der Waals surface area contributed by atoms with Crippen molar-refractivity contribution in [3.63, 3.8) is 0 Å². The maximum atomic E-state index is 12.0. The van der Waals surface area contributed by atoms with Gasteiger partial charge < -0.3 is 10.2 Å². The van der Waals surface area contributed by atoms with Crippen LogP contribution in [0.2, 0.25) is 0 Å². The van der Waals surface area contributed by atoms with Gasteiger partial charge in [-0.2, -0.15) is 0 Å². The molecule has 1 N–H and O–H groups in total. The zero-order valence-corrected chi connectivity index (χ0v) is 11.9. The van der Waals surface area contributed by atoms with Crippen LogP contribution in [0.1, 0.15) is 46.5 Å². The Kier molecular flexibility index (Phi) is 6.16. The SMILES string of the molecule is CCCCCNC(=O)C(=O)N1CC(C)CC(C)C1. The van der Waals surface area contributed by atoms with E-state index >= 15 is 0 Å². The molecular formula is C14H26N2O2. The topological polar surface area (TPSA) is 49.4 Å². The smallest absolute Gasteiger partial charge is 0.311 e. The summed E-state index contributed by atoms with van der Waals surface area (Å²) in [6.45, 7) is 8.42. The highest BCUT2D eigenvalue weighted by atomic mass is 16.2. The molecular weight excluding hydrogens is 228 g/mol. The lowest BCUT2D eigenvalue weighted by molar-refractivity contribution is -0.147. The van der Waals surface area contributed by atoms with E-state index in [9.17, 15) is 9.59 Å². The van der Waals surface area contributed by atoms with Crippen LogP contribution < -0.4 is 5.32 Å². The minimum Gasteiger partial charge on any atom is -0.348 e. The van der Waals surface area contributed by atoms with E-state index in [2.05, 4.69) is 26.1 Å². The molecule has 0 radical (unpaired) electrons. The maximum absolute atomic E-state index is 12.0. The van der Waals surface area contributed by atoms with E-state index in [-0.39, 0.29) is 5.91 Å². The van der Waals surface area contributed by atoms with Gasteiger partial charge >= 0.3 is 11.8 Å². The second-order valence-corrected chi connectivity index (χ2v) is 5.62. The van der Waals surface area contributed by atoms with Crippen molar-refractivity contribution in [1.29, 1.82) is 0 Å². The number of nitrogens with zero attached hydrogens (tertiary/aromatic N) is 1. The summed E-state index contributed by atoms with van der Waals surface area (Å²) in [6.07, 6.45) is 4.29. The number of nitrogens with one attached hydrogen (secondary N) is 1. The Morgan fingerprint density at radius 1 is 1.17 bits per heavy atom. The van der Waals surface area contributed by atoms with E-state index in [0.29, 0.717) is 31.5 Å². The molecule has 0 saturated carbocycles. The number of piperidine rings is 1. The highest BCUT2D eigenvalue weighted by Crippen LogP contribution is 2.20. The second-order valence-electron chi connectivity index (χ2n) is 5.62. The van der Waals surface area contributed by atoms with Crippen molar-refractivity contribution in [2.24, 2.45) is 11.8 Å². The zero-order valence-electron chi connectivity index (χ0n) is 11.9. The fraction of sp³-hybridized carbons (Fsp3) is 0.857. The van der Waals surface area contributed by atoms with E-state index in [1.807, 2.05) is 0 Å². The minimum absolute atomic E-state index is 0.357. The summed E-state index contributed by atoms with van der Waals surface area (Å²) < 4.78 is 0. The van der Waals surface area contributed by atoms with Crippen molar-refractivity contribution in [2.45, 2.75) is 46.5 Å².